The van der Waals surface area contributed by atoms with Crippen molar-refractivity contribution in [1.29, 1.82) is 5.26 Å². The molecule has 0 saturated heterocycles. The van der Waals surface area contributed by atoms with Crippen LogP contribution in [0.15, 0.2) is 58.1 Å². The fourth-order valence-corrected chi connectivity index (χ4v) is 3.35. The van der Waals surface area contributed by atoms with E-state index in [4.69, 9.17) is 21.6 Å². The van der Waals surface area contributed by atoms with Crippen LogP contribution < -0.4 is 16.0 Å². The van der Waals surface area contributed by atoms with Crippen LogP contribution in [-0.4, -0.2) is 18.7 Å². The van der Waals surface area contributed by atoms with Gasteiger partial charge in [0.25, 0.3) is 5.56 Å². The zero-order valence-electron chi connectivity index (χ0n) is 16.2. The summed E-state index contributed by atoms with van der Waals surface area (Å²) in [6, 6.07) is 15.9. The topological polar surface area (TPSA) is 94.8 Å². The third-order valence-electron chi connectivity index (χ3n) is 4.79. The number of hydrogen-bond acceptors (Lipinski definition) is 5. The Hall–Kier alpha value is -3.83. The van der Waals surface area contributed by atoms with Crippen molar-refractivity contribution in [3.8, 4) is 17.8 Å². The van der Waals surface area contributed by atoms with E-state index >= 15 is 0 Å². The molecule has 0 bridgehead atoms. The van der Waals surface area contributed by atoms with Gasteiger partial charge in [-0.3, -0.25) is 18.5 Å². The predicted molar refractivity (Wildman–Crippen MR) is 112 cm³/mol. The summed E-state index contributed by atoms with van der Waals surface area (Å²) in [5, 5.41) is 9.50. The van der Waals surface area contributed by atoms with Crippen molar-refractivity contribution < 1.29 is 4.74 Å². The van der Waals surface area contributed by atoms with Gasteiger partial charge in [0.05, 0.1) is 18.2 Å². The molecule has 4 rings (SSSR count). The van der Waals surface area contributed by atoms with Gasteiger partial charge in [0.1, 0.15) is 5.75 Å². The van der Waals surface area contributed by atoms with Crippen LogP contribution in [0.3, 0.4) is 0 Å². The lowest BCUT2D eigenvalue weighted by atomic mass is 10.2. The third kappa shape index (κ3) is 3.25. The number of benzene rings is 2. The van der Waals surface area contributed by atoms with Gasteiger partial charge in [-0.1, -0.05) is 29.8 Å². The molecule has 30 heavy (non-hydrogen) atoms. The van der Waals surface area contributed by atoms with E-state index in [1.54, 1.807) is 41.9 Å². The molecule has 0 aliphatic carbocycles. The molecule has 8 nitrogen and oxygen atoms in total. The van der Waals surface area contributed by atoms with Crippen molar-refractivity contribution in [2.75, 3.05) is 0 Å². The Balaban J connectivity index is 1.94. The molecule has 9 heteroatoms. The Morgan fingerprint density at radius 1 is 1.07 bits per heavy atom. The zero-order valence-corrected chi connectivity index (χ0v) is 16.9. The van der Waals surface area contributed by atoms with Gasteiger partial charge in [0.15, 0.2) is 11.2 Å². The average Bonchev–Trinajstić information content (AvgIpc) is 3.11. The van der Waals surface area contributed by atoms with Crippen molar-refractivity contribution in [3.63, 3.8) is 0 Å². The van der Waals surface area contributed by atoms with E-state index in [0.29, 0.717) is 16.3 Å². The molecule has 0 aliphatic heterocycles. The predicted octanol–water partition coefficient (Wildman–Crippen LogP) is 2.80. The lowest BCUT2D eigenvalue weighted by Gasteiger charge is -2.11. The molecule has 0 atom stereocenters. The van der Waals surface area contributed by atoms with E-state index < -0.39 is 11.2 Å². The summed E-state index contributed by atoms with van der Waals surface area (Å²) in [5.74, 6) is 0.437. The molecule has 2 heterocycles. The van der Waals surface area contributed by atoms with Crippen molar-refractivity contribution in [2.24, 2.45) is 14.1 Å². The van der Waals surface area contributed by atoms with Crippen molar-refractivity contribution >= 4 is 22.8 Å². The van der Waals surface area contributed by atoms with Gasteiger partial charge >= 0.3 is 11.7 Å². The molecule has 0 N–H and O–H groups in total. The molecule has 0 amide bonds. The van der Waals surface area contributed by atoms with Gasteiger partial charge in [-0.25, -0.2) is 4.79 Å². The van der Waals surface area contributed by atoms with E-state index in [1.807, 2.05) is 24.3 Å². The van der Waals surface area contributed by atoms with E-state index in [0.717, 1.165) is 10.1 Å². The van der Waals surface area contributed by atoms with Crippen LogP contribution in [0.25, 0.3) is 11.2 Å². The summed E-state index contributed by atoms with van der Waals surface area (Å²) >= 11 is 6.32. The maximum atomic E-state index is 12.9. The van der Waals surface area contributed by atoms with Crippen LogP contribution in [-0.2, 0) is 20.6 Å². The minimum absolute atomic E-state index is 0.132. The number of halogens is 1. The number of hydrogen-bond donors (Lipinski definition) is 0. The second kappa shape index (κ2) is 7.54. The molecule has 4 aromatic rings. The number of nitriles is 1. The average molecular weight is 422 g/mol. The molecule has 0 fully saturated rings. The molecule has 2 aromatic carbocycles. The molecule has 150 valence electrons. The smallest absolute Gasteiger partial charge is 0.332 e. The maximum absolute atomic E-state index is 12.9. The summed E-state index contributed by atoms with van der Waals surface area (Å²) in [5.41, 5.74) is 0.714. The Labute approximate surface area is 175 Å². The summed E-state index contributed by atoms with van der Waals surface area (Å²) < 4.78 is 9.85. The highest BCUT2D eigenvalue weighted by Crippen LogP contribution is 2.27. The van der Waals surface area contributed by atoms with Gasteiger partial charge in [-0.2, -0.15) is 10.2 Å². The lowest BCUT2D eigenvalue weighted by molar-refractivity contribution is 0.421. The van der Waals surface area contributed by atoms with Gasteiger partial charge in [-0.05, 0) is 35.9 Å². The SMILES string of the molecule is Cn1c(=O)c2c(nc(Oc3ccc(C#N)cc3)n2Cc2ccccc2Cl)n(C)c1=O. The number of fused-ring (bicyclic) bond motifs is 1. The first-order valence-corrected chi connectivity index (χ1v) is 9.36. The van der Waals surface area contributed by atoms with E-state index in [1.165, 1.54) is 11.6 Å². The Morgan fingerprint density at radius 3 is 2.43 bits per heavy atom. The van der Waals surface area contributed by atoms with Crippen LogP contribution in [0.2, 0.25) is 5.02 Å². The highest BCUT2D eigenvalue weighted by atomic mass is 35.5. The van der Waals surface area contributed by atoms with Crippen LogP contribution in [0.4, 0.5) is 0 Å². The number of imidazole rings is 1. The minimum Gasteiger partial charge on any atom is -0.425 e. The first-order valence-electron chi connectivity index (χ1n) is 8.98. The highest BCUT2D eigenvalue weighted by molar-refractivity contribution is 6.31. The van der Waals surface area contributed by atoms with Gasteiger partial charge < -0.3 is 4.74 Å². The quantitative estimate of drug-likeness (QED) is 0.505. The fraction of sp³-hybridized carbons (Fsp3) is 0.143. The number of nitrogens with zero attached hydrogens (tertiary/aromatic N) is 5. The standard InChI is InChI=1S/C21H16ClN5O3/c1-25-18-17(19(28)26(2)21(25)29)27(12-14-5-3-4-6-16(14)22)20(24-18)30-15-9-7-13(11-23)8-10-15/h3-10H,12H2,1-2H3. The number of rotatable bonds is 4. The van der Waals surface area contributed by atoms with Crippen molar-refractivity contribution in [2.45, 2.75) is 6.54 Å². The zero-order chi connectivity index (χ0) is 21.4. The second-order valence-corrected chi connectivity index (χ2v) is 7.10. The van der Waals surface area contributed by atoms with E-state index in [-0.39, 0.29) is 23.7 Å². The summed E-state index contributed by atoms with van der Waals surface area (Å²) in [6.07, 6.45) is 0. The molecule has 0 radical (unpaired) electrons. The van der Waals surface area contributed by atoms with Gasteiger partial charge in [-0.15, -0.1) is 0 Å². The lowest BCUT2D eigenvalue weighted by Crippen LogP contribution is -2.37. The molecule has 2 aromatic heterocycles. The molecule has 0 aliphatic rings. The van der Waals surface area contributed by atoms with E-state index in [9.17, 15) is 9.59 Å². The summed E-state index contributed by atoms with van der Waals surface area (Å²) in [6.45, 7) is 0.217. The number of aryl methyl sites for hydroxylation is 1. The normalized spacial score (nSPS) is 10.9. The van der Waals surface area contributed by atoms with Crippen LogP contribution >= 0.6 is 11.6 Å². The Bertz CT molecular complexity index is 1420. The second-order valence-electron chi connectivity index (χ2n) is 6.69. The Kier molecular flexibility index (Phi) is 4.90. The fourth-order valence-electron chi connectivity index (χ4n) is 3.15. The van der Waals surface area contributed by atoms with E-state index in [2.05, 4.69) is 4.98 Å². The monoisotopic (exact) mass is 421 g/mol. The Morgan fingerprint density at radius 2 is 1.77 bits per heavy atom. The first-order chi connectivity index (χ1) is 14.4. The molecular formula is C21H16ClN5O3. The van der Waals surface area contributed by atoms with Gasteiger partial charge in [0, 0.05) is 19.1 Å². The van der Waals surface area contributed by atoms with Crippen LogP contribution in [0.1, 0.15) is 11.1 Å². The molecule has 0 spiro atoms. The van der Waals surface area contributed by atoms with Gasteiger partial charge in [0.2, 0.25) is 0 Å². The summed E-state index contributed by atoms with van der Waals surface area (Å²) in [4.78, 5) is 29.7. The molecular weight excluding hydrogens is 406 g/mol. The summed E-state index contributed by atoms with van der Waals surface area (Å²) in [7, 11) is 2.96. The number of aromatic nitrogens is 4. The largest absolute Gasteiger partial charge is 0.425 e. The first kappa shape index (κ1) is 19.5. The minimum atomic E-state index is -0.486. The van der Waals surface area contributed by atoms with Crippen LogP contribution in [0, 0.1) is 11.3 Å². The van der Waals surface area contributed by atoms with Crippen molar-refractivity contribution in [3.05, 3.63) is 85.5 Å². The van der Waals surface area contributed by atoms with Crippen molar-refractivity contribution in [1.82, 2.24) is 18.7 Å². The van der Waals surface area contributed by atoms with Crippen LogP contribution in [0.5, 0.6) is 11.8 Å². The highest BCUT2D eigenvalue weighted by Gasteiger charge is 2.21. The number of ether oxygens (including phenoxy) is 1. The maximum Gasteiger partial charge on any atom is 0.332 e. The molecule has 0 saturated carbocycles. The third-order valence-corrected chi connectivity index (χ3v) is 5.16. The molecule has 0 unspecified atom stereocenters.